The number of aliphatic carboxylic acids is 1. The van der Waals surface area contributed by atoms with Crippen LogP contribution in [0.3, 0.4) is 0 Å². The molecule has 0 unspecified atom stereocenters. The minimum absolute atomic E-state index is 0.00550. The van der Waals surface area contributed by atoms with Crippen LogP contribution < -0.4 is 5.32 Å². The van der Waals surface area contributed by atoms with E-state index in [0.29, 0.717) is 15.7 Å². The zero-order chi connectivity index (χ0) is 14.0. The summed E-state index contributed by atoms with van der Waals surface area (Å²) in [7, 11) is 0. The van der Waals surface area contributed by atoms with Crippen molar-refractivity contribution in [2.24, 2.45) is 0 Å². The lowest BCUT2D eigenvalue weighted by Crippen LogP contribution is -2.40. The number of nitrogens with one attached hydrogen (secondary N) is 1. The van der Waals surface area contributed by atoms with E-state index in [9.17, 15) is 9.59 Å². The number of halogens is 2. The average molecular weight is 303 g/mol. The Morgan fingerprint density at radius 1 is 1.37 bits per heavy atom. The Morgan fingerprint density at radius 2 is 2.05 bits per heavy atom. The van der Waals surface area contributed by atoms with E-state index >= 15 is 0 Å². The first-order valence-electron chi connectivity index (χ1n) is 5.72. The predicted molar refractivity (Wildman–Crippen MR) is 72.8 cm³/mol. The molecule has 102 valence electrons. The molecule has 1 saturated carbocycles. The molecule has 0 aliphatic heterocycles. The molecule has 2 N–H and O–H groups in total. The van der Waals surface area contributed by atoms with Crippen molar-refractivity contribution in [2.45, 2.75) is 18.9 Å². The Hall–Kier alpha value is -1.46. The van der Waals surface area contributed by atoms with Crippen molar-refractivity contribution in [3.05, 3.63) is 28.2 Å². The number of urea groups is 1. The van der Waals surface area contributed by atoms with E-state index < -0.39 is 12.0 Å². The van der Waals surface area contributed by atoms with E-state index in [1.807, 2.05) is 0 Å². The first-order chi connectivity index (χ1) is 8.97. The maximum Gasteiger partial charge on any atom is 0.323 e. The van der Waals surface area contributed by atoms with Gasteiger partial charge in [0.1, 0.15) is 6.54 Å². The minimum Gasteiger partial charge on any atom is -0.480 e. The number of hydrogen-bond acceptors (Lipinski definition) is 2. The smallest absolute Gasteiger partial charge is 0.323 e. The van der Waals surface area contributed by atoms with Gasteiger partial charge in [-0.05, 0) is 31.0 Å². The molecule has 5 nitrogen and oxygen atoms in total. The molecule has 1 aliphatic carbocycles. The van der Waals surface area contributed by atoms with Gasteiger partial charge >= 0.3 is 12.0 Å². The quantitative estimate of drug-likeness (QED) is 0.898. The van der Waals surface area contributed by atoms with Gasteiger partial charge in [0, 0.05) is 11.1 Å². The normalized spacial score (nSPS) is 14.0. The number of amides is 2. The lowest BCUT2D eigenvalue weighted by atomic mass is 10.3. The molecule has 1 aliphatic rings. The molecular weight excluding hydrogens is 291 g/mol. The van der Waals surface area contributed by atoms with E-state index in [0.717, 1.165) is 12.8 Å². The molecule has 0 radical (unpaired) electrons. The van der Waals surface area contributed by atoms with Crippen LogP contribution in [0.4, 0.5) is 10.5 Å². The Morgan fingerprint density at radius 3 is 2.63 bits per heavy atom. The maximum atomic E-state index is 12.0. The molecule has 0 aromatic heterocycles. The number of anilines is 1. The second kappa shape index (κ2) is 5.67. The Kier molecular flexibility index (Phi) is 4.17. The molecule has 1 fully saturated rings. The molecule has 2 rings (SSSR count). The van der Waals surface area contributed by atoms with Gasteiger partial charge in [-0.25, -0.2) is 4.79 Å². The number of rotatable bonds is 4. The number of carboxylic acids is 1. The summed E-state index contributed by atoms with van der Waals surface area (Å²) in [6.07, 6.45) is 1.65. The van der Waals surface area contributed by atoms with Crippen LogP contribution in [0.25, 0.3) is 0 Å². The predicted octanol–water partition coefficient (Wildman–Crippen LogP) is 3.07. The standard InChI is InChI=1S/C12H12Cl2N2O3/c13-7-1-4-9(14)10(5-7)15-12(19)16(6-11(17)18)8-2-3-8/h1,4-5,8H,2-3,6H2,(H,15,19)(H,17,18). The third-order valence-electron chi connectivity index (χ3n) is 2.72. The van der Waals surface area contributed by atoms with Crippen LogP contribution in [-0.2, 0) is 4.79 Å². The summed E-state index contributed by atoms with van der Waals surface area (Å²) in [4.78, 5) is 24.1. The van der Waals surface area contributed by atoms with Crippen LogP contribution in [-0.4, -0.2) is 34.6 Å². The number of carbonyl (C=O) groups is 2. The van der Waals surface area contributed by atoms with E-state index in [-0.39, 0.29) is 12.6 Å². The summed E-state index contributed by atoms with van der Waals surface area (Å²) >= 11 is 11.8. The van der Waals surface area contributed by atoms with Gasteiger partial charge in [0.25, 0.3) is 0 Å². The second-order valence-electron chi connectivity index (χ2n) is 4.31. The van der Waals surface area contributed by atoms with Gasteiger partial charge in [-0.15, -0.1) is 0 Å². The topological polar surface area (TPSA) is 69.6 Å². The number of carboxylic acid groups (broad SMARTS) is 1. The van der Waals surface area contributed by atoms with Gasteiger partial charge < -0.3 is 15.3 Å². The van der Waals surface area contributed by atoms with Crippen molar-refractivity contribution in [1.29, 1.82) is 0 Å². The number of nitrogens with zero attached hydrogens (tertiary/aromatic N) is 1. The fourth-order valence-corrected chi connectivity index (χ4v) is 2.02. The summed E-state index contributed by atoms with van der Waals surface area (Å²) in [5.41, 5.74) is 0.371. The first-order valence-corrected chi connectivity index (χ1v) is 6.47. The molecule has 7 heteroatoms. The minimum atomic E-state index is -1.04. The lowest BCUT2D eigenvalue weighted by molar-refractivity contribution is -0.137. The first kappa shape index (κ1) is 14.0. The van der Waals surface area contributed by atoms with Crippen LogP contribution >= 0.6 is 23.2 Å². The Labute approximate surface area is 120 Å². The highest BCUT2D eigenvalue weighted by atomic mass is 35.5. The zero-order valence-corrected chi connectivity index (χ0v) is 11.4. The molecule has 2 amide bonds. The Balaban J connectivity index is 2.10. The number of benzene rings is 1. The highest BCUT2D eigenvalue weighted by molar-refractivity contribution is 6.35. The number of carbonyl (C=O) groups excluding carboxylic acids is 1. The molecule has 0 bridgehead atoms. The van der Waals surface area contributed by atoms with Gasteiger partial charge in [0.15, 0.2) is 0 Å². The van der Waals surface area contributed by atoms with Gasteiger partial charge in [0.05, 0.1) is 10.7 Å². The van der Waals surface area contributed by atoms with Crippen LogP contribution in [0.2, 0.25) is 10.0 Å². The maximum absolute atomic E-state index is 12.0. The van der Waals surface area contributed by atoms with Crippen LogP contribution in [0, 0.1) is 0 Å². The second-order valence-corrected chi connectivity index (χ2v) is 5.15. The van der Waals surface area contributed by atoms with Crippen LogP contribution in [0.5, 0.6) is 0 Å². The Bertz CT molecular complexity index is 518. The largest absolute Gasteiger partial charge is 0.480 e. The van der Waals surface area contributed by atoms with E-state index in [4.69, 9.17) is 28.3 Å². The van der Waals surface area contributed by atoms with E-state index in [1.165, 1.54) is 11.0 Å². The van der Waals surface area contributed by atoms with Crippen molar-refractivity contribution in [3.63, 3.8) is 0 Å². The summed E-state index contributed by atoms with van der Waals surface area (Å²) in [5.74, 6) is -1.04. The van der Waals surface area contributed by atoms with Gasteiger partial charge in [-0.2, -0.15) is 0 Å². The number of hydrogen-bond donors (Lipinski definition) is 2. The van der Waals surface area contributed by atoms with Crippen molar-refractivity contribution >= 4 is 40.9 Å². The van der Waals surface area contributed by atoms with Crippen LogP contribution in [0.1, 0.15) is 12.8 Å². The van der Waals surface area contributed by atoms with Crippen LogP contribution in [0.15, 0.2) is 18.2 Å². The summed E-state index contributed by atoms with van der Waals surface area (Å²) in [5, 5.41) is 12.2. The molecule has 1 aromatic rings. The third kappa shape index (κ3) is 3.75. The van der Waals surface area contributed by atoms with Crippen molar-refractivity contribution < 1.29 is 14.7 Å². The molecule has 1 aromatic carbocycles. The fourth-order valence-electron chi connectivity index (χ4n) is 1.68. The highest BCUT2D eigenvalue weighted by Crippen LogP contribution is 2.29. The fraction of sp³-hybridized carbons (Fsp3) is 0.333. The van der Waals surface area contributed by atoms with Crippen molar-refractivity contribution in [1.82, 2.24) is 4.90 Å². The summed E-state index contributed by atoms with van der Waals surface area (Å²) < 4.78 is 0. The molecular formula is C12H12Cl2N2O3. The van der Waals surface area contributed by atoms with E-state index in [1.54, 1.807) is 12.1 Å². The van der Waals surface area contributed by atoms with Gasteiger partial charge in [0.2, 0.25) is 0 Å². The highest BCUT2D eigenvalue weighted by Gasteiger charge is 2.34. The summed E-state index contributed by atoms with van der Waals surface area (Å²) in [6.45, 7) is -0.325. The van der Waals surface area contributed by atoms with Gasteiger partial charge in [-0.1, -0.05) is 23.2 Å². The van der Waals surface area contributed by atoms with Gasteiger partial charge in [-0.3, -0.25) is 4.79 Å². The molecule has 0 saturated heterocycles. The average Bonchev–Trinajstić information content (AvgIpc) is 3.14. The SMILES string of the molecule is O=C(O)CN(C(=O)Nc1cc(Cl)ccc1Cl)C1CC1. The molecule has 0 spiro atoms. The molecule has 0 atom stereocenters. The third-order valence-corrected chi connectivity index (χ3v) is 3.29. The van der Waals surface area contributed by atoms with Crippen molar-refractivity contribution in [2.75, 3.05) is 11.9 Å². The monoisotopic (exact) mass is 302 g/mol. The summed E-state index contributed by atoms with van der Waals surface area (Å²) in [6, 6.07) is 4.21. The van der Waals surface area contributed by atoms with E-state index in [2.05, 4.69) is 5.32 Å². The zero-order valence-electron chi connectivity index (χ0n) is 9.90. The lowest BCUT2D eigenvalue weighted by Gasteiger charge is -2.21. The molecule has 0 heterocycles. The van der Waals surface area contributed by atoms with Crippen molar-refractivity contribution in [3.8, 4) is 0 Å². The molecule has 19 heavy (non-hydrogen) atoms.